The summed E-state index contributed by atoms with van der Waals surface area (Å²) in [6.07, 6.45) is 4.25. The minimum Gasteiger partial charge on any atom is -0.390 e. The molecule has 1 aliphatic heterocycles. The Morgan fingerprint density at radius 1 is 1.18 bits per heavy atom. The van der Waals surface area contributed by atoms with Gasteiger partial charge in [-0.3, -0.25) is 9.59 Å². The average molecular weight is 402 g/mol. The molecule has 1 saturated heterocycles. The van der Waals surface area contributed by atoms with Crippen molar-refractivity contribution in [2.24, 2.45) is 0 Å². The fourth-order valence-corrected chi connectivity index (χ4v) is 5.21. The molecule has 2 amide bonds. The van der Waals surface area contributed by atoms with E-state index in [0.29, 0.717) is 30.7 Å². The average Bonchev–Trinajstić information content (AvgIpc) is 3.15. The van der Waals surface area contributed by atoms with Crippen LogP contribution in [0.25, 0.3) is 10.1 Å². The van der Waals surface area contributed by atoms with Crippen molar-refractivity contribution in [3.05, 3.63) is 35.2 Å². The Bertz CT molecular complexity index is 826. The zero-order valence-electron chi connectivity index (χ0n) is 15.9. The molecule has 2 aromatic rings. The Morgan fingerprint density at radius 3 is 2.71 bits per heavy atom. The number of nitrogens with one attached hydrogen (secondary N) is 3. The van der Waals surface area contributed by atoms with Gasteiger partial charge in [-0.25, -0.2) is 0 Å². The molecule has 2 heterocycles. The number of aliphatic hydroxyl groups excluding tert-OH is 1. The van der Waals surface area contributed by atoms with Crippen LogP contribution in [0.4, 0.5) is 0 Å². The number of rotatable bonds is 4. The fraction of sp³-hybridized carbons (Fsp3) is 0.524. The Hall–Kier alpha value is -1.96. The van der Waals surface area contributed by atoms with Gasteiger partial charge in [0.15, 0.2) is 0 Å². The Balaban J connectivity index is 1.52. The maximum absolute atomic E-state index is 13.2. The third kappa shape index (κ3) is 3.92. The van der Waals surface area contributed by atoms with E-state index < -0.39 is 11.6 Å². The summed E-state index contributed by atoms with van der Waals surface area (Å²) in [6.45, 7) is 1.25. The normalized spacial score (nSPS) is 24.6. The lowest BCUT2D eigenvalue weighted by Crippen LogP contribution is -2.63. The third-order valence-corrected chi connectivity index (χ3v) is 7.03. The first-order valence-corrected chi connectivity index (χ1v) is 10.9. The maximum Gasteiger partial charge on any atom is 0.262 e. The molecule has 6 nitrogen and oxygen atoms in total. The molecule has 4 N–H and O–H groups in total. The van der Waals surface area contributed by atoms with E-state index in [1.165, 1.54) is 11.3 Å². The summed E-state index contributed by atoms with van der Waals surface area (Å²) in [6, 6.07) is 9.52. The van der Waals surface area contributed by atoms with E-state index in [1.807, 2.05) is 30.3 Å². The molecular formula is C21H27N3O3S. The highest BCUT2D eigenvalue weighted by molar-refractivity contribution is 7.20. The number of fused-ring (bicyclic) bond motifs is 1. The van der Waals surface area contributed by atoms with E-state index in [1.54, 1.807) is 0 Å². The number of thiophene rings is 1. The SMILES string of the molecule is O=C(NC1(C(=O)NC2CCNCC2O)CCCCC1)c1cc2ccccc2s1. The molecule has 28 heavy (non-hydrogen) atoms. The number of carbonyl (C=O) groups is 2. The Morgan fingerprint density at radius 2 is 1.96 bits per heavy atom. The molecule has 2 atom stereocenters. The predicted octanol–water partition coefficient (Wildman–Crippen LogP) is 2.17. The molecule has 150 valence electrons. The van der Waals surface area contributed by atoms with Gasteiger partial charge in [0.2, 0.25) is 5.91 Å². The van der Waals surface area contributed by atoms with E-state index in [0.717, 1.165) is 35.9 Å². The van der Waals surface area contributed by atoms with Crippen molar-refractivity contribution >= 4 is 33.2 Å². The molecule has 4 rings (SSSR count). The highest BCUT2D eigenvalue weighted by Gasteiger charge is 2.42. The minimum atomic E-state index is -0.893. The van der Waals surface area contributed by atoms with Crippen molar-refractivity contribution < 1.29 is 14.7 Å². The fourth-order valence-electron chi connectivity index (χ4n) is 4.25. The summed E-state index contributed by atoms with van der Waals surface area (Å²) in [5.74, 6) is -0.350. The molecule has 1 aliphatic carbocycles. The van der Waals surface area contributed by atoms with Crippen molar-refractivity contribution in [1.82, 2.24) is 16.0 Å². The second-order valence-electron chi connectivity index (χ2n) is 7.89. The first-order chi connectivity index (χ1) is 13.6. The highest BCUT2D eigenvalue weighted by Crippen LogP contribution is 2.31. The molecule has 7 heteroatoms. The quantitative estimate of drug-likeness (QED) is 0.632. The monoisotopic (exact) mass is 401 g/mol. The van der Waals surface area contributed by atoms with Crippen LogP contribution in [0.1, 0.15) is 48.2 Å². The topological polar surface area (TPSA) is 90.5 Å². The van der Waals surface area contributed by atoms with E-state index in [9.17, 15) is 14.7 Å². The standard InChI is InChI=1S/C21H27N3O3S/c25-16-13-22-11-8-15(16)23-20(27)21(9-4-1-5-10-21)24-19(26)18-12-14-6-2-3-7-17(14)28-18/h2-3,6-7,12,15-16,22,25H,1,4-5,8-11,13H2,(H,23,27)(H,24,26). The van der Waals surface area contributed by atoms with Crippen molar-refractivity contribution in [3.63, 3.8) is 0 Å². The summed E-state index contributed by atoms with van der Waals surface area (Å²) >= 11 is 1.45. The molecule has 0 spiro atoms. The largest absolute Gasteiger partial charge is 0.390 e. The number of hydrogen-bond donors (Lipinski definition) is 4. The van der Waals surface area contributed by atoms with Gasteiger partial charge in [-0.05, 0) is 43.3 Å². The van der Waals surface area contributed by atoms with Gasteiger partial charge in [0.25, 0.3) is 5.91 Å². The van der Waals surface area contributed by atoms with Gasteiger partial charge in [-0.15, -0.1) is 11.3 Å². The lowest BCUT2D eigenvalue weighted by atomic mass is 9.80. The zero-order valence-corrected chi connectivity index (χ0v) is 16.7. The predicted molar refractivity (Wildman–Crippen MR) is 111 cm³/mol. The van der Waals surface area contributed by atoms with Gasteiger partial charge in [-0.2, -0.15) is 0 Å². The van der Waals surface area contributed by atoms with Crippen LogP contribution in [0.5, 0.6) is 0 Å². The van der Waals surface area contributed by atoms with Crippen LogP contribution in [-0.4, -0.2) is 47.7 Å². The van der Waals surface area contributed by atoms with E-state index in [-0.39, 0.29) is 17.9 Å². The molecule has 2 fully saturated rings. The first-order valence-electron chi connectivity index (χ1n) is 10.1. The lowest BCUT2D eigenvalue weighted by Gasteiger charge is -2.39. The van der Waals surface area contributed by atoms with Gasteiger partial charge >= 0.3 is 0 Å². The minimum absolute atomic E-state index is 0.160. The van der Waals surface area contributed by atoms with Crippen molar-refractivity contribution in [3.8, 4) is 0 Å². The smallest absolute Gasteiger partial charge is 0.262 e. The molecule has 1 saturated carbocycles. The van der Waals surface area contributed by atoms with Gasteiger partial charge in [-0.1, -0.05) is 37.5 Å². The maximum atomic E-state index is 13.2. The van der Waals surface area contributed by atoms with Gasteiger partial charge in [0.05, 0.1) is 17.0 Å². The second kappa shape index (κ2) is 8.19. The van der Waals surface area contributed by atoms with E-state index >= 15 is 0 Å². The van der Waals surface area contributed by atoms with Crippen LogP contribution < -0.4 is 16.0 Å². The molecule has 1 aromatic heterocycles. The number of carbonyl (C=O) groups excluding carboxylic acids is 2. The van der Waals surface area contributed by atoms with Crippen LogP contribution in [0.3, 0.4) is 0 Å². The van der Waals surface area contributed by atoms with Crippen LogP contribution in [-0.2, 0) is 4.79 Å². The summed E-state index contributed by atoms with van der Waals surface area (Å²) in [5.41, 5.74) is -0.893. The van der Waals surface area contributed by atoms with Gasteiger partial charge in [0.1, 0.15) is 5.54 Å². The lowest BCUT2D eigenvalue weighted by molar-refractivity contribution is -0.130. The summed E-state index contributed by atoms with van der Waals surface area (Å²) in [4.78, 5) is 26.9. The molecule has 0 radical (unpaired) electrons. The van der Waals surface area contributed by atoms with Gasteiger partial charge < -0.3 is 21.1 Å². The first kappa shape index (κ1) is 19.4. The van der Waals surface area contributed by atoms with Crippen molar-refractivity contribution in [1.29, 1.82) is 0 Å². The van der Waals surface area contributed by atoms with Gasteiger partial charge in [0, 0.05) is 11.2 Å². The Labute approximate surface area is 168 Å². The van der Waals surface area contributed by atoms with Crippen LogP contribution in [0.2, 0.25) is 0 Å². The number of β-amino-alcohol motifs (C(OH)–C–C–N with tert-alkyl or cyclic N) is 1. The highest BCUT2D eigenvalue weighted by atomic mass is 32.1. The number of benzene rings is 1. The molecule has 1 aromatic carbocycles. The summed E-state index contributed by atoms with van der Waals surface area (Å²) in [5, 5.41) is 20.4. The second-order valence-corrected chi connectivity index (χ2v) is 8.97. The van der Waals surface area contributed by atoms with E-state index in [2.05, 4.69) is 16.0 Å². The molecule has 2 unspecified atom stereocenters. The van der Waals surface area contributed by atoms with Crippen LogP contribution >= 0.6 is 11.3 Å². The van der Waals surface area contributed by atoms with Crippen molar-refractivity contribution in [2.75, 3.05) is 13.1 Å². The van der Waals surface area contributed by atoms with E-state index in [4.69, 9.17) is 0 Å². The number of hydrogen-bond acceptors (Lipinski definition) is 5. The summed E-state index contributed by atoms with van der Waals surface area (Å²) < 4.78 is 1.06. The van der Waals surface area contributed by atoms with Crippen LogP contribution in [0, 0.1) is 0 Å². The summed E-state index contributed by atoms with van der Waals surface area (Å²) in [7, 11) is 0. The molecular weight excluding hydrogens is 374 g/mol. The number of piperidine rings is 1. The number of aliphatic hydroxyl groups is 1. The zero-order chi connectivity index (χ0) is 19.6. The third-order valence-electron chi connectivity index (χ3n) is 5.91. The molecule has 0 bridgehead atoms. The Kier molecular flexibility index (Phi) is 5.66. The van der Waals surface area contributed by atoms with Crippen LogP contribution in [0.15, 0.2) is 30.3 Å². The van der Waals surface area contributed by atoms with Crippen molar-refractivity contribution in [2.45, 2.75) is 56.2 Å². The number of amides is 2. The molecule has 2 aliphatic rings.